The van der Waals surface area contributed by atoms with Crippen LogP contribution in [0, 0.1) is 12.3 Å². The van der Waals surface area contributed by atoms with Crippen molar-refractivity contribution in [1.82, 2.24) is 0 Å². The van der Waals surface area contributed by atoms with Crippen molar-refractivity contribution in [3.63, 3.8) is 0 Å². The highest BCUT2D eigenvalue weighted by Gasteiger charge is 1.96. The molecule has 0 amide bonds. The summed E-state index contributed by atoms with van der Waals surface area (Å²) in [5, 5.41) is 9.14. The van der Waals surface area contributed by atoms with Crippen molar-refractivity contribution >= 4 is 0 Å². The lowest BCUT2D eigenvalue weighted by Crippen LogP contribution is -1.92. The van der Waals surface area contributed by atoms with Crippen LogP contribution in [-0.4, -0.2) is 11.7 Å². The van der Waals surface area contributed by atoms with E-state index in [0.717, 1.165) is 0 Å². The fourth-order valence-electron chi connectivity index (χ4n) is 0.699. The van der Waals surface area contributed by atoms with Crippen molar-refractivity contribution in [1.29, 1.82) is 0 Å². The maximum atomic E-state index is 9.14. The molecule has 0 bridgehead atoms. The Bertz CT molecular complexity index is 273. The van der Waals surface area contributed by atoms with Gasteiger partial charge in [-0.3, -0.25) is 0 Å². The first-order chi connectivity index (χ1) is 5.34. The van der Waals surface area contributed by atoms with E-state index in [-0.39, 0.29) is 12.4 Å². The number of para-hydroxylation sites is 2. The Morgan fingerprint density at radius 1 is 1.45 bits per heavy atom. The Labute approximate surface area is 65.4 Å². The van der Waals surface area contributed by atoms with Gasteiger partial charge in [-0.1, -0.05) is 18.1 Å². The lowest BCUT2D eigenvalue weighted by atomic mass is 10.3. The minimum Gasteiger partial charge on any atom is -0.504 e. The van der Waals surface area contributed by atoms with Crippen molar-refractivity contribution < 1.29 is 9.84 Å². The van der Waals surface area contributed by atoms with Crippen molar-refractivity contribution in [3.8, 4) is 23.8 Å². The van der Waals surface area contributed by atoms with Gasteiger partial charge in [-0.15, -0.1) is 6.42 Å². The third-order valence-corrected chi connectivity index (χ3v) is 1.18. The molecule has 0 radical (unpaired) electrons. The second kappa shape index (κ2) is 3.52. The van der Waals surface area contributed by atoms with E-state index in [1.807, 2.05) is 0 Å². The second-order valence-electron chi connectivity index (χ2n) is 1.96. The van der Waals surface area contributed by atoms with Gasteiger partial charge in [0, 0.05) is 0 Å². The molecule has 0 saturated carbocycles. The first kappa shape index (κ1) is 7.49. The molecule has 0 saturated heterocycles. The average molecular weight is 148 g/mol. The van der Waals surface area contributed by atoms with Crippen LogP contribution >= 0.6 is 0 Å². The quantitative estimate of drug-likeness (QED) is 0.642. The highest BCUT2D eigenvalue weighted by atomic mass is 16.5. The molecule has 0 spiro atoms. The molecule has 0 aromatic heterocycles. The lowest BCUT2D eigenvalue weighted by Gasteiger charge is -2.02. The molecule has 56 valence electrons. The maximum Gasteiger partial charge on any atom is 0.162 e. The Balaban J connectivity index is 2.71. The van der Waals surface area contributed by atoms with Gasteiger partial charge in [0.15, 0.2) is 11.5 Å². The summed E-state index contributed by atoms with van der Waals surface area (Å²) in [5.74, 6) is 2.85. The molecule has 0 atom stereocenters. The number of aromatic hydroxyl groups is 1. The number of ether oxygens (including phenoxy) is 1. The molecule has 2 heteroatoms. The van der Waals surface area contributed by atoms with Gasteiger partial charge in [-0.05, 0) is 12.1 Å². The van der Waals surface area contributed by atoms with Crippen molar-refractivity contribution in [2.45, 2.75) is 0 Å². The van der Waals surface area contributed by atoms with E-state index in [4.69, 9.17) is 16.3 Å². The summed E-state index contributed by atoms with van der Waals surface area (Å²) in [6.45, 7) is 0.178. The Hall–Kier alpha value is -1.62. The molecular weight excluding hydrogens is 140 g/mol. The first-order valence-electron chi connectivity index (χ1n) is 3.19. The summed E-state index contributed by atoms with van der Waals surface area (Å²) in [6, 6.07) is 6.70. The van der Waals surface area contributed by atoms with Crippen LogP contribution in [0.3, 0.4) is 0 Å². The van der Waals surface area contributed by atoms with Gasteiger partial charge in [0.2, 0.25) is 0 Å². The van der Waals surface area contributed by atoms with E-state index < -0.39 is 0 Å². The Morgan fingerprint density at radius 3 is 2.82 bits per heavy atom. The highest BCUT2D eigenvalue weighted by Crippen LogP contribution is 2.23. The second-order valence-corrected chi connectivity index (χ2v) is 1.96. The molecule has 0 aliphatic rings. The predicted molar refractivity (Wildman–Crippen MR) is 42.4 cm³/mol. The molecule has 1 aromatic rings. The van der Waals surface area contributed by atoms with Gasteiger partial charge in [-0.25, -0.2) is 0 Å². The minimum absolute atomic E-state index is 0.114. The zero-order valence-electron chi connectivity index (χ0n) is 5.95. The minimum atomic E-state index is 0.114. The molecule has 1 N–H and O–H groups in total. The molecule has 0 aliphatic carbocycles. The van der Waals surface area contributed by atoms with Gasteiger partial charge in [0.25, 0.3) is 0 Å². The zero-order valence-corrected chi connectivity index (χ0v) is 5.95. The fraction of sp³-hybridized carbons (Fsp3) is 0.111. The van der Waals surface area contributed by atoms with E-state index in [9.17, 15) is 0 Å². The molecule has 0 fully saturated rings. The summed E-state index contributed by atoms with van der Waals surface area (Å²) in [4.78, 5) is 0. The topological polar surface area (TPSA) is 29.5 Å². The van der Waals surface area contributed by atoms with E-state index in [0.29, 0.717) is 5.75 Å². The largest absolute Gasteiger partial charge is 0.504 e. The summed E-state index contributed by atoms with van der Waals surface area (Å²) < 4.78 is 5.00. The molecule has 1 rings (SSSR count). The van der Waals surface area contributed by atoms with Crippen LogP contribution in [0.5, 0.6) is 11.5 Å². The summed E-state index contributed by atoms with van der Waals surface area (Å²) in [7, 11) is 0. The van der Waals surface area contributed by atoms with E-state index in [2.05, 4.69) is 5.92 Å². The van der Waals surface area contributed by atoms with Gasteiger partial charge in [0.05, 0.1) is 0 Å². The Morgan fingerprint density at radius 2 is 2.18 bits per heavy atom. The molecule has 1 aromatic carbocycles. The fourth-order valence-corrected chi connectivity index (χ4v) is 0.699. The SMILES string of the molecule is C#CCOc1ccccc1O. The van der Waals surface area contributed by atoms with Crippen LogP contribution in [0.25, 0.3) is 0 Å². The molecular formula is C9H8O2. The third kappa shape index (κ3) is 1.91. The van der Waals surface area contributed by atoms with Crippen LogP contribution in [0.2, 0.25) is 0 Å². The number of rotatable bonds is 2. The van der Waals surface area contributed by atoms with Crippen LogP contribution in [0.4, 0.5) is 0 Å². The zero-order chi connectivity index (χ0) is 8.10. The van der Waals surface area contributed by atoms with Crippen LogP contribution in [0.1, 0.15) is 0 Å². The number of hydrogen-bond acceptors (Lipinski definition) is 2. The van der Waals surface area contributed by atoms with E-state index in [1.54, 1.807) is 24.3 Å². The smallest absolute Gasteiger partial charge is 0.162 e. The summed E-state index contributed by atoms with van der Waals surface area (Å²) in [6.07, 6.45) is 4.97. The number of terminal acetylenes is 1. The lowest BCUT2D eigenvalue weighted by molar-refractivity contribution is 0.342. The van der Waals surface area contributed by atoms with Crippen LogP contribution in [0.15, 0.2) is 24.3 Å². The standard InChI is InChI=1S/C9H8O2/c1-2-7-11-9-6-4-3-5-8(9)10/h1,3-6,10H,7H2. The summed E-state index contributed by atoms with van der Waals surface area (Å²) >= 11 is 0. The van der Waals surface area contributed by atoms with Crippen molar-refractivity contribution in [2.24, 2.45) is 0 Å². The average Bonchev–Trinajstić information content (AvgIpc) is 2.03. The monoisotopic (exact) mass is 148 g/mol. The van der Waals surface area contributed by atoms with E-state index in [1.165, 1.54) is 0 Å². The molecule has 2 nitrogen and oxygen atoms in total. The predicted octanol–water partition coefficient (Wildman–Crippen LogP) is 1.40. The van der Waals surface area contributed by atoms with Crippen LogP contribution in [-0.2, 0) is 0 Å². The Kier molecular flexibility index (Phi) is 2.40. The van der Waals surface area contributed by atoms with Gasteiger partial charge in [0.1, 0.15) is 6.61 Å². The third-order valence-electron chi connectivity index (χ3n) is 1.18. The molecule has 11 heavy (non-hydrogen) atoms. The normalized spacial score (nSPS) is 8.64. The summed E-state index contributed by atoms with van der Waals surface area (Å²) in [5.41, 5.74) is 0. The highest BCUT2D eigenvalue weighted by molar-refractivity contribution is 5.38. The van der Waals surface area contributed by atoms with Gasteiger partial charge >= 0.3 is 0 Å². The van der Waals surface area contributed by atoms with Gasteiger partial charge < -0.3 is 9.84 Å². The van der Waals surface area contributed by atoms with Crippen molar-refractivity contribution in [2.75, 3.05) is 6.61 Å². The van der Waals surface area contributed by atoms with Crippen LogP contribution < -0.4 is 4.74 Å². The molecule has 0 aliphatic heterocycles. The number of phenols is 1. The van der Waals surface area contributed by atoms with Gasteiger partial charge in [-0.2, -0.15) is 0 Å². The van der Waals surface area contributed by atoms with Crippen molar-refractivity contribution in [3.05, 3.63) is 24.3 Å². The maximum absolute atomic E-state index is 9.14. The number of benzene rings is 1. The number of phenolic OH excluding ortho intramolecular Hbond substituents is 1. The molecule has 0 heterocycles. The molecule has 0 unspecified atom stereocenters. The van der Waals surface area contributed by atoms with E-state index >= 15 is 0 Å². The first-order valence-corrected chi connectivity index (χ1v) is 3.19. The number of hydrogen-bond donors (Lipinski definition) is 1.